The fraction of sp³-hybridized carbons (Fsp3) is 0.304. The molecule has 9 nitrogen and oxygen atoms in total. The molecule has 1 aromatic carbocycles. The van der Waals surface area contributed by atoms with Crippen molar-refractivity contribution in [1.29, 1.82) is 0 Å². The molecule has 33 heavy (non-hydrogen) atoms. The molecule has 0 saturated heterocycles. The Morgan fingerprint density at radius 2 is 2.15 bits per heavy atom. The Hall–Kier alpha value is -3.43. The van der Waals surface area contributed by atoms with Crippen LogP contribution in [0.25, 0.3) is 16.9 Å². The van der Waals surface area contributed by atoms with Crippen LogP contribution in [0.2, 0.25) is 5.02 Å². The minimum atomic E-state index is -0.810. The number of aliphatic hydroxyl groups is 1. The average Bonchev–Trinajstić information content (AvgIpc) is 3.52. The van der Waals surface area contributed by atoms with Crippen LogP contribution in [0, 0.1) is 0 Å². The highest BCUT2D eigenvalue weighted by Gasteiger charge is 2.32. The smallest absolute Gasteiger partial charge is 0.261 e. The lowest BCUT2D eigenvalue weighted by atomic mass is 10.0. The van der Waals surface area contributed by atoms with Gasteiger partial charge in [-0.1, -0.05) is 24.4 Å². The van der Waals surface area contributed by atoms with Crippen LogP contribution < -0.4 is 10.1 Å². The summed E-state index contributed by atoms with van der Waals surface area (Å²) in [5.41, 5.74) is 1.57. The normalized spacial score (nSPS) is 15.1. The van der Waals surface area contributed by atoms with Gasteiger partial charge < -0.3 is 15.2 Å². The summed E-state index contributed by atoms with van der Waals surface area (Å²) < 4.78 is 8.72. The first kappa shape index (κ1) is 21.4. The third-order valence-corrected chi connectivity index (χ3v) is 6.18. The van der Waals surface area contributed by atoms with E-state index in [4.69, 9.17) is 21.4 Å². The standard InChI is InChI=1S/C23H23ClN6O3/c1-33-19-6-5-15(24)11-16(19)20-18(13-29(28-20)14-23(32)7-2-3-8-23)27-22(31)17-12-26-30-10-4-9-25-21(17)30/h4-6,9-13,32H,2-3,7-8,14H2,1H3,(H,27,31). The summed E-state index contributed by atoms with van der Waals surface area (Å²) in [5, 5.41) is 23.2. The van der Waals surface area contributed by atoms with Crippen LogP contribution in [0.5, 0.6) is 5.75 Å². The van der Waals surface area contributed by atoms with Crippen molar-refractivity contribution in [2.45, 2.75) is 37.8 Å². The Labute approximate surface area is 195 Å². The van der Waals surface area contributed by atoms with Crippen LogP contribution in [0.3, 0.4) is 0 Å². The van der Waals surface area contributed by atoms with Gasteiger partial charge in [-0.2, -0.15) is 10.2 Å². The fourth-order valence-corrected chi connectivity index (χ4v) is 4.50. The Morgan fingerprint density at radius 3 is 2.94 bits per heavy atom. The summed E-state index contributed by atoms with van der Waals surface area (Å²) in [6.45, 7) is 0.330. The second-order valence-corrected chi connectivity index (χ2v) is 8.70. The highest BCUT2D eigenvalue weighted by Crippen LogP contribution is 2.37. The van der Waals surface area contributed by atoms with Crippen LogP contribution in [0.1, 0.15) is 36.0 Å². The molecule has 0 spiro atoms. The molecule has 1 fully saturated rings. The predicted molar refractivity (Wildman–Crippen MR) is 124 cm³/mol. The van der Waals surface area contributed by atoms with E-state index in [1.165, 1.54) is 10.7 Å². The first-order valence-electron chi connectivity index (χ1n) is 10.7. The lowest BCUT2D eigenvalue weighted by molar-refractivity contribution is 0.0266. The SMILES string of the molecule is COc1ccc(Cl)cc1-c1nn(CC2(O)CCCC2)cc1NC(=O)c1cnn2cccnc12. The number of aromatic nitrogens is 5. The van der Waals surface area contributed by atoms with E-state index in [9.17, 15) is 9.90 Å². The maximum Gasteiger partial charge on any atom is 0.261 e. The summed E-state index contributed by atoms with van der Waals surface area (Å²) in [6, 6.07) is 6.96. The highest BCUT2D eigenvalue weighted by atomic mass is 35.5. The van der Waals surface area contributed by atoms with Gasteiger partial charge in [0.1, 0.15) is 17.0 Å². The second-order valence-electron chi connectivity index (χ2n) is 8.27. The van der Waals surface area contributed by atoms with E-state index in [-0.39, 0.29) is 5.91 Å². The molecular weight excluding hydrogens is 444 g/mol. The zero-order chi connectivity index (χ0) is 23.0. The largest absolute Gasteiger partial charge is 0.496 e. The molecule has 1 amide bonds. The summed E-state index contributed by atoms with van der Waals surface area (Å²) in [4.78, 5) is 17.4. The molecule has 1 aliphatic carbocycles. The minimum absolute atomic E-state index is 0.330. The molecule has 1 saturated carbocycles. The molecule has 3 aromatic heterocycles. The Kier molecular flexibility index (Phi) is 5.51. The van der Waals surface area contributed by atoms with Crippen molar-refractivity contribution in [3.63, 3.8) is 0 Å². The van der Waals surface area contributed by atoms with Crippen LogP contribution in [-0.2, 0) is 6.54 Å². The van der Waals surface area contributed by atoms with Gasteiger partial charge in [-0.3, -0.25) is 9.48 Å². The number of carbonyl (C=O) groups is 1. The van der Waals surface area contributed by atoms with Gasteiger partial charge in [-0.05, 0) is 37.1 Å². The van der Waals surface area contributed by atoms with Gasteiger partial charge in [0.05, 0.1) is 31.1 Å². The molecular formula is C23H23ClN6O3. The van der Waals surface area contributed by atoms with E-state index in [2.05, 4.69) is 15.4 Å². The molecule has 0 atom stereocenters. The molecule has 1 aliphatic rings. The first-order chi connectivity index (χ1) is 16.0. The van der Waals surface area contributed by atoms with Crippen molar-refractivity contribution in [2.24, 2.45) is 0 Å². The number of ether oxygens (including phenoxy) is 1. The van der Waals surface area contributed by atoms with Crippen molar-refractivity contribution in [1.82, 2.24) is 24.4 Å². The molecule has 10 heteroatoms. The van der Waals surface area contributed by atoms with E-state index in [1.54, 1.807) is 54.6 Å². The Morgan fingerprint density at radius 1 is 1.33 bits per heavy atom. The van der Waals surface area contributed by atoms with Crippen LogP contribution >= 0.6 is 11.6 Å². The molecule has 0 aliphatic heterocycles. The number of fused-ring (bicyclic) bond motifs is 1. The quantitative estimate of drug-likeness (QED) is 0.447. The van der Waals surface area contributed by atoms with Crippen molar-refractivity contribution in [2.75, 3.05) is 12.4 Å². The minimum Gasteiger partial charge on any atom is -0.496 e. The lowest BCUT2D eigenvalue weighted by Gasteiger charge is -2.21. The number of amides is 1. The van der Waals surface area contributed by atoms with Crippen LogP contribution in [0.15, 0.2) is 49.1 Å². The second kappa shape index (κ2) is 8.49. The van der Waals surface area contributed by atoms with Crippen LogP contribution in [-0.4, -0.2) is 48.1 Å². The number of benzene rings is 1. The van der Waals surface area contributed by atoms with Gasteiger partial charge >= 0.3 is 0 Å². The molecule has 3 heterocycles. The van der Waals surface area contributed by atoms with Gasteiger partial charge in [0.15, 0.2) is 5.65 Å². The van der Waals surface area contributed by atoms with E-state index < -0.39 is 5.60 Å². The monoisotopic (exact) mass is 466 g/mol. The number of anilines is 1. The summed E-state index contributed by atoms with van der Waals surface area (Å²) >= 11 is 6.26. The number of hydrogen-bond acceptors (Lipinski definition) is 6. The van der Waals surface area contributed by atoms with Crippen LogP contribution in [0.4, 0.5) is 5.69 Å². The third kappa shape index (κ3) is 4.17. The maximum absolute atomic E-state index is 13.2. The van der Waals surface area contributed by atoms with E-state index in [0.29, 0.717) is 45.5 Å². The zero-order valence-electron chi connectivity index (χ0n) is 18.0. The van der Waals surface area contributed by atoms with Crippen molar-refractivity contribution >= 4 is 28.8 Å². The summed E-state index contributed by atoms with van der Waals surface area (Å²) in [5.74, 6) is 0.197. The molecule has 0 bridgehead atoms. The highest BCUT2D eigenvalue weighted by molar-refractivity contribution is 6.31. The van der Waals surface area contributed by atoms with E-state index >= 15 is 0 Å². The Balaban J connectivity index is 1.55. The summed E-state index contributed by atoms with van der Waals surface area (Å²) in [7, 11) is 1.56. The van der Waals surface area contributed by atoms with E-state index in [1.807, 2.05) is 0 Å². The summed E-state index contributed by atoms with van der Waals surface area (Å²) in [6.07, 6.45) is 9.94. The van der Waals surface area contributed by atoms with Crippen molar-refractivity contribution in [3.8, 4) is 17.0 Å². The zero-order valence-corrected chi connectivity index (χ0v) is 18.8. The van der Waals surface area contributed by atoms with Gasteiger partial charge in [0, 0.05) is 29.2 Å². The number of rotatable bonds is 6. The average molecular weight is 467 g/mol. The number of halogens is 1. The topological polar surface area (TPSA) is 107 Å². The predicted octanol–water partition coefficient (Wildman–Crippen LogP) is 3.81. The Bertz CT molecular complexity index is 1320. The number of nitrogens with zero attached hydrogens (tertiary/aromatic N) is 5. The third-order valence-electron chi connectivity index (χ3n) is 5.94. The number of nitrogens with one attached hydrogen (secondary N) is 1. The molecule has 0 unspecified atom stereocenters. The van der Waals surface area contributed by atoms with Gasteiger partial charge in [-0.25, -0.2) is 9.50 Å². The van der Waals surface area contributed by atoms with E-state index in [0.717, 1.165) is 25.7 Å². The molecule has 5 rings (SSSR count). The first-order valence-corrected chi connectivity index (χ1v) is 11.1. The molecule has 4 aromatic rings. The lowest BCUT2D eigenvalue weighted by Crippen LogP contribution is -2.30. The number of carbonyl (C=O) groups excluding carboxylic acids is 1. The molecule has 170 valence electrons. The van der Waals surface area contributed by atoms with Gasteiger partial charge in [0.2, 0.25) is 0 Å². The number of hydrogen-bond donors (Lipinski definition) is 2. The molecule has 0 radical (unpaired) electrons. The van der Waals surface area contributed by atoms with Crippen molar-refractivity contribution in [3.05, 3.63) is 59.6 Å². The number of methoxy groups -OCH3 is 1. The maximum atomic E-state index is 13.2. The van der Waals surface area contributed by atoms with Crippen molar-refractivity contribution < 1.29 is 14.6 Å². The van der Waals surface area contributed by atoms with Gasteiger partial charge in [-0.15, -0.1) is 0 Å². The van der Waals surface area contributed by atoms with Gasteiger partial charge in [0.25, 0.3) is 5.91 Å². The molecule has 2 N–H and O–H groups in total. The fourth-order valence-electron chi connectivity index (χ4n) is 4.33.